The number of aromatic nitrogens is 4. The van der Waals surface area contributed by atoms with E-state index < -0.39 is 11.7 Å². The Morgan fingerprint density at radius 1 is 0.343 bits per heavy atom. The first-order chi connectivity index (χ1) is 34.4. The van der Waals surface area contributed by atoms with E-state index in [0.29, 0.717) is 22.5 Å². The summed E-state index contributed by atoms with van der Waals surface area (Å²) in [6, 6.07) is 73.5. The number of alkyl halides is 3. The minimum Gasteiger partial charge on any atom is -0.307 e. The molecular formula is C62H36F3N5. The molecule has 0 saturated carbocycles. The Kier molecular flexibility index (Phi) is 8.44. The van der Waals surface area contributed by atoms with Crippen LogP contribution in [-0.2, 0) is 6.18 Å². The van der Waals surface area contributed by atoms with Gasteiger partial charge in [0, 0.05) is 60.0 Å². The minimum atomic E-state index is -4.74. The molecule has 4 heterocycles. The normalized spacial score (nSPS) is 12.2. The van der Waals surface area contributed by atoms with E-state index in [9.17, 15) is 5.26 Å². The molecule has 0 amide bonds. The Balaban J connectivity index is 1.25. The van der Waals surface area contributed by atoms with Crippen LogP contribution in [-0.4, -0.2) is 18.3 Å². The highest BCUT2D eigenvalue weighted by molar-refractivity contribution is 6.26. The maximum Gasteiger partial charge on any atom is 0.417 e. The molecule has 330 valence electrons. The summed E-state index contributed by atoms with van der Waals surface area (Å²) in [5.41, 5.74) is 9.55. The molecule has 0 saturated heterocycles. The van der Waals surface area contributed by atoms with Gasteiger partial charge in [-0.1, -0.05) is 152 Å². The molecular weight excluding hydrogens is 872 g/mol. The first-order valence-corrected chi connectivity index (χ1v) is 23.2. The highest BCUT2D eigenvalue weighted by atomic mass is 19.4. The fourth-order valence-corrected chi connectivity index (χ4v) is 11.4. The molecule has 70 heavy (non-hydrogen) atoms. The molecule has 8 heteroatoms. The fraction of sp³-hybridized carbons (Fsp3) is 0.0161. The van der Waals surface area contributed by atoms with Crippen LogP contribution in [0.4, 0.5) is 13.2 Å². The molecule has 4 aromatic heterocycles. The number of halogens is 3. The van der Waals surface area contributed by atoms with Crippen LogP contribution in [0.5, 0.6) is 0 Å². The van der Waals surface area contributed by atoms with Gasteiger partial charge in [0.1, 0.15) is 0 Å². The number of hydrogen-bond acceptors (Lipinski definition) is 1. The number of nitrogens with zero attached hydrogens (tertiary/aromatic N) is 5. The summed E-state index contributed by atoms with van der Waals surface area (Å²) in [6.07, 6.45) is -4.74. The molecule has 0 radical (unpaired) electrons. The lowest BCUT2D eigenvalue weighted by Crippen LogP contribution is -2.11. The fourth-order valence-electron chi connectivity index (χ4n) is 11.4. The second-order valence-corrected chi connectivity index (χ2v) is 17.8. The topological polar surface area (TPSA) is 43.5 Å². The van der Waals surface area contributed by atoms with Crippen LogP contribution in [0, 0.1) is 11.3 Å². The monoisotopic (exact) mass is 907 g/mol. The smallest absolute Gasteiger partial charge is 0.307 e. The minimum absolute atomic E-state index is 0.00657. The van der Waals surface area contributed by atoms with Gasteiger partial charge in [0.2, 0.25) is 0 Å². The molecule has 0 unspecified atom stereocenters. The van der Waals surface area contributed by atoms with Crippen LogP contribution in [0.15, 0.2) is 218 Å². The predicted molar refractivity (Wildman–Crippen MR) is 279 cm³/mol. The lowest BCUT2D eigenvalue weighted by Gasteiger charge is -2.23. The van der Waals surface area contributed by atoms with Gasteiger partial charge < -0.3 is 18.3 Å². The maximum absolute atomic E-state index is 15.9. The van der Waals surface area contributed by atoms with Gasteiger partial charge in [-0.3, -0.25) is 0 Å². The summed E-state index contributed by atoms with van der Waals surface area (Å²) in [5.74, 6) is 0. The van der Waals surface area contributed by atoms with E-state index in [4.69, 9.17) is 0 Å². The number of hydrogen-bond donors (Lipinski definition) is 0. The standard InChI is InChI=1S/C62H36F3N5/c63-62(64,65)50-26-12-7-25-49(50)57-55(69-53-29-15-10-23-43(53)47-33-31-45-41-21-8-13-27-51(41)67(58(45)60(47)69)39-17-3-1-4-18-39)35-38(37-66)36-56(57)70-54-30-16-11-24-44(54)48-34-32-46-42-22-9-14-28-52(42)68(59(46)61(48)70)40-19-5-2-6-20-40/h1-36H. The molecule has 10 aromatic carbocycles. The Morgan fingerprint density at radius 3 is 1.06 bits per heavy atom. The third kappa shape index (κ3) is 5.54. The van der Waals surface area contributed by atoms with Gasteiger partial charge in [0.05, 0.1) is 72.7 Å². The summed E-state index contributed by atoms with van der Waals surface area (Å²) in [4.78, 5) is 0. The second-order valence-electron chi connectivity index (χ2n) is 17.8. The van der Waals surface area contributed by atoms with Crippen molar-refractivity contribution < 1.29 is 13.2 Å². The van der Waals surface area contributed by atoms with Gasteiger partial charge in [-0.05, 0) is 72.3 Å². The second kappa shape index (κ2) is 14.8. The number of rotatable bonds is 5. The zero-order chi connectivity index (χ0) is 46.8. The molecule has 5 nitrogen and oxygen atoms in total. The molecule has 0 fully saturated rings. The first kappa shape index (κ1) is 39.8. The van der Waals surface area contributed by atoms with Gasteiger partial charge in [0.15, 0.2) is 0 Å². The van der Waals surface area contributed by atoms with Crippen molar-refractivity contribution >= 4 is 87.2 Å². The van der Waals surface area contributed by atoms with Crippen molar-refractivity contribution in [2.24, 2.45) is 0 Å². The van der Waals surface area contributed by atoms with E-state index in [1.807, 2.05) is 97.1 Å². The summed E-state index contributed by atoms with van der Waals surface area (Å²) >= 11 is 0. The Morgan fingerprint density at radius 2 is 0.671 bits per heavy atom. The Bertz CT molecular complexity index is 4270. The summed E-state index contributed by atoms with van der Waals surface area (Å²) in [5, 5.41) is 19.0. The van der Waals surface area contributed by atoms with Gasteiger partial charge in [-0.15, -0.1) is 0 Å². The summed E-state index contributed by atoms with van der Waals surface area (Å²) in [6.45, 7) is 0. The van der Waals surface area contributed by atoms with E-state index in [-0.39, 0.29) is 5.56 Å². The third-order valence-corrected chi connectivity index (χ3v) is 14.2. The van der Waals surface area contributed by atoms with Crippen molar-refractivity contribution in [3.8, 4) is 39.9 Å². The van der Waals surface area contributed by atoms with Crippen LogP contribution >= 0.6 is 0 Å². The molecule has 14 rings (SSSR count). The van der Waals surface area contributed by atoms with Crippen LogP contribution in [0.25, 0.3) is 121 Å². The first-order valence-electron chi connectivity index (χ1n) is 23.2. The Hall–Kier alpha value is -9.32. The zero-order valence-corrected chi connectivity index (χ0v) is 37.2. The SMILES string of the molecule is N#Cc1cc(-n2c3ccccc3c3ccc4c5ccccc5n(-c5ccccc5)c4c32)c(-c2ccccc2C(F)(F)F)c(-n2c3ccccc3c3ccc4c5ccccc5n(-c5ccccc5)c4c32)c1. The molecule has 0 spiro atoms. The quantitative estimate of drug-likeness (QED) is 0.170. The van der Waals surface area contributed by atoms with E-state index in [1.54, 1.807) is 24.3 Å². The number of benzene rings is 10. The largest absolute Gasteiger partial charge is 0.417 e. The van der Waals surface area contributed by atoms with E-state index in [2.05, 4.69) is 109 Å². The van der Waals surface area contributed by atoms with Crippen molar-refractivity contribution in [1.82, 2.24) is 18.3 Å². The highest BCUT2D eigenvalue weighted by Crippen LogP contribution is 2.49. The molecule has 0 atom stereocenters. The molecule has 0 N–H and O–H groups in total. The molecule has 0 aliphatic carbocycles. The van der Waals surface area contributed by atoms with Gasteiger partial charge in [-0.25, -0.2) is 0 Å². The van der Waals surface area contributed by atoms with Gasteiger partial charge >= 0.3 is 6.18 Å². The average Bonchev–Trinajstić information content (AvgIpc) is 4.14. The predicted octanol–water partition coefficient (Wildman–Crippen LogP) is 16.6. The van der Waals surface area contributed by atoms with Crippen molar-refractivity contribution in [2.45, 2.75) is 6.18 Å². The van der Waals surface area contributed by atoms with E-state index in [0.717, 1.165) is 105 Å². The van der Waals surface area contributed by atoms with Crippen molar-refractivity contribution in [3.63, 3.8) is 0 Å². The molecule has 0 aliphatic rings. The number of nitriles is 1. The lowest BCUT2D eigenvalue weighted by atomic mass is 9.94. The van der Waals surface area contributed by atoms with Crippen molar-refractivity contribution in [3.05, 3.63) is 230 Å². The number of para-hydroxylation sites is 6. The highest BCUT2D eigenvalue weighted by Gasteiger charge is 2.36. The zero-order valence-electron chi connectivity index (χ0n) is 37.2. The van der Waals surface area contributed by atoms with Crippen molar-refractivity contribution in [2.75, 3.05) is 0 Å². The average molecular weight is 908 g/mol. The van der Waals surface area contributed by atoms with Crippen LogP contribution in [0.2, 0.25) is 0 Å². The molecule has 0 bridgehead atoms. The summed E-state index contributed by atoms with van der Waals surface area (Å²) in [7, 11) is 0. The maximum atomic E-state index is 15.9. The van der Waals surface area contributed by atoms with Crippen molar-refractivity contribution in [1.29, 1.82) is 5.26 Å². The van der Waals surface area contributed by atoms with Crippen LogP contribution < -0.4 is 0 Å². The summed E-state index contributed by atoms with van der Waals surface area (Å²) < 4.78 is 56.4. The van der Waals surface area contributed by atoms with Gasteiger partial charge in [0.25, 0.3) is 0 Å². The third-order valence-electron chi connectivity index (χ3n) is 14.2. The van der Waals surface area contributed by atoms with Crippen LogP contribution in [0.3, 0.4) is 0 Å². The van der Waals surface area contributed by atoms with E-state index in [1.165, 1.54) is 6.07 Å². The van der Waals surface area contributed by atoms with E-state index >= 15 is 13.2 Å². The lowest BCUT2D eigenvalue weighted by molar-refractivity contribution is -0.137. The number of fused-ring (bicyclic) bond motifs is 14. The molecule has 0 aliphatic heterocycles. The van der Waals surface area contributed by atoms with Gasteiger partial charge in [-0.2, -0.15) is 18.4 Å². The van der Waals surface area contributed by atoms with Crippen LogP contribution in [0.1, 0.15) is 11.1 Å². The molecule has 14 aromatic rings. The Labute approximate surface area is 397 Å².